The average Bonchev–Trinajstić information content (AvgIpc) is 2.86. The van der Waals surface area contributed by atoms with Gasteiger partial charge in [-0.05, 0) is 17.2 Å². The third-order valence-electron chi connectivity index (χ3n) is 3.51. The predicted molar refractivity (Wildman–Crippen MR) is 81.7 cm³/mol. The van der Waals surface area contributed by atoms with Crippen molar-refractivity contribution in [1.29, 1.82) is 0 Å². The van der Waals surface area contributed by atoms with Gasteiger partial charge in [0.15, 0.2) is 6.29 Å². The highest BCUT2D eigenvalue weighted by Crippen LogP contribution is 2.30. The Hall–Kier alpha value is -2.61. The zero-order chi connectivity index (χ0) is 13.9. The molecule has 0 aliphatic heterocycles. The van der Waals surface area contributed by atoms with Crippen LogP contribution in [-0.2, 0) is 7.05 Å². The Morgan fingerprint density at radius 1 is 0.850 bits per heavy atom. The molecule has 0 spiro atoms. The average molecular weight is 261 g/mol. The van der Waals surface area contributed by atoms with Crippen LogP contribution in [0, 0.1) is 0 Å². The summed E-state index contributed by atoms with van der Waals surface area (Å²) >= 11 is 0. The Bertz CT molecular complexity index is 727. The molecular formula is C18H15NO. The second kappa shape index (κ2) is 5.17. The van der Waals surface area contributed by atoms with Crippen LogP contribution in [0.3, 0.4) is 0 Å². The number of nitrogens with zero attached hydrogens (tertiary/aromatic N) is 1. The molecule has 0 N–H and O–H groups in total. The van der Waals surface area contributed by atoms with Crippen LogP contribution < -0.4 is 0 Å². The molecule has 0 unspecified atom stereocenters. The van der Waals surface area contributed by atoms with Gasteiger partial charge in [0.1, 0.15) is 0 Å². The van der Waals surface area contributed by atoms with Gasteiger partial charge in [0, 0.05) is 18.3 Å². The lowest BCUT2D eigenvalue weighted by Crippen LogP contribution is -1.95. The van der Waals surface area contributed by atoms with Gasteiger partial charge in [0.2, 0.25) is 0 Å². The Labute approximate surface area is 118 Å². The number of aromatic nitrogens is 1. The third-order valence-corrected chi connectivity index (χ3v) is 3.51. The fourth-order valence-corrected chi connectivity index (χ4v) is 2.56. The number of carbonyl (C=O) groups is 1. The van der Waals surface area contributed by atoms with Gasteiger partial charge in [0.05, 0.1) is 5.69 Å². The van der Waals surface area contributed by atoms with E-state index in [9.17, 15) is 4.79 Å². The summed E-state index contributed by atoms with van der Waals surface area (Å²) in [5.41, 5.74) is 4.89. The number of carbonyl (C=O) groups excluding carboxylic acids is 1. The SMILES string of the molecule is Cn1c(-c2ccccc2)cc(C=O)c1-c1ccccc1. The van der Waals surface area contributed by atoms with Gasteiger partial charge in [-0.3, -0.25) is 4.79 Å². The fraction of sp³-hybridized carbons (Fsp3) is 0.0556. The van der Waals surface area contributed by atoms with Crippen LogP contribution in [0.15, 0.2) is 66.7 Å². The molecule has 98 valence electrons. The Morgan fingerprint density at radius 3 is 1.95 bits per heavy atom. The van der Waals surface area contributed by atoms with Crippen molar-refractivity contribution in [2.24, 2.45) is 7.05 Å². The van der Waals surface area contributed by atoms with E-state index >= 15 is 0 Å². The normalized spacial score (nSPS) is 10.4. The monoisotopic (exact) mass is 261 g/mol. The Balaban J connectivity index is 2.22. The van der Waals surface area contributed by atoms with Crippen molar-refractivity contribution >= 4 is 6.29 Å². The van der Waals surface area contributed by atoms with Gasteiger partial charge in [-0.25, -0.2) is 0 Å². The van der Waals surface area contributed by atoms with Crippen molar-refractivity contribution in [2.75, 3.05) is 0 Å². The first kappa shape index (κ1) is 12.4. The quantitative estimate of drug-likeness (QED) is 0.648. The molecule has 0 aliphatic carbocycles. The minimum absolute atomic E-state index is 0.720. The molecule has 1 aromatic heterocycles. The molecule has 0 amide bonds. The van der Waals surface area contributed by atoms with Crippen LogP contribution >= 0.6 is 0 Å². The van der Waals surface area contributed by atoms with E-state index in [0.29, 0.717) is 0 Å². The summed E-state index contributed by atoms with van der Waals surface area (Å²) in [6.45, 7) is 0. The van der Waals surface area contributed by atoms with Crippen LogP contribution in [0.25, 0.3) is 22.5 Å². The van der Waals surface area contributed by atoms with E-state index in [0.717, 1.165) is 34.4 Å². The first-order valence-corrected chi connectivity index (χ1v) is 6.57. The first-order valence-electron chi connectivity index (χ1n) is 6.57. The van der Waals surface area contributed by atoms with Crippen molar-refractivity contribution in [3.8, 4) is 22.5 Å². The smallest absolute Gasteiger partial charge is 0.152 e. The first-order chi connectivity index (χ1) is 9.81. The molecule has 0 atom stereocenters. The zero-order valence-electron chi connectivity index (χ0n) is 11.3. The summed E-state index contributed by atoms with van der Waals surface area (Å²) in [5.74, 6) is 0. The van der Waals surface area contributed by atoms with E-state index in [1.54, 1.807) is 0 Å². The maximum Gasteiger partial charge on any atom is 0.152 e. The van der Waals surface area contributed by atoms with Crippen LogP contribution in [0.1, 0.15) is 10.4 Å². The summed E-state index contributed by atoms with van der Waals surface area (Å²) in [6, 6.07) is 22.1. The van der Waals surface area contributed by atoms with Crippen molar-refractivity contribution in [1.82, 2.24) is 4.57 Å². The molecule has 0 aliphatic rings. The summed E-state index contributed by atoms with van der Waals surface area (Å²) < 4.78 is 2.08. The second-order valence-electron chi connectivity index (χ2n) is 4.74. The molecule has 0 radical (unpaired) electrons. The molecule has 0 saturated heterocycles. The third kappa shape index (κ3) is 2.05. The number of aldehydes is 1. The molecule has 2 nitrogen and oxygen atoms in total. The zero-order valence-corrected chi connectivity index (χ0v) is 11.3. The molecule has 3 aromatic rings. The van der Waals surface area contributed by atoms with E-state index in [1.165, 1.54) is 0 Å². The highest BCUT2D eigenvalue weighted by molar-refractivity contribution is 5.89. The molecule has 2 aromatic carbocycles. The predicted octanol–water partition coefficient (Wildman–Crippen LogP) is 4.17. The van der Waals surface area contributed by atoms with E-state index in [4.69, 9.17) is 0 Å². The number of rotatable bonds is 3. The summed E-state index contributed by atoms with van der Waals surface area (Å²) in [6.07, 6.45) is 0.925. The molecule has 0 fully saturated rings. The molecule has 20 heavy (non-hydrogen) atoms. The van der Waals surface area contributed by atoms with Crippen LogP contribution in [0.5, 0.6) is 0 Å². The molecule has 1 heterocycles. The standard InChI is InChI=1S/C18H15NO/c1-19-17(14-8-4-2-5-9-14)12-16(13-20)18(19)15-10-6-3-7-11-15/h2-13H,1H3. The minimum Gasteiger partial charge on any atom is -0.343 e. The van der Waals surface area contributed by atoms with Crippen molar-refractivity contribution in [3.05, 3.63) is 72.3 Å². The van der Waals surface area contributed by atoms with Crippen LogP contribution in [0.2, 0.25) is 0 Å². The highest BCUT2D eigenvalue weighted by atomic mass is 16.1. The van der Waals surface area contributed by atoms with E-state index in [2.05, 4.69) is 16.7 Å². The van der Waals surface area contributed by atoms with Crippen LogP contribution in [-0.4, -0.2) is 10.9 Å². The van der Waals surface area contributed by atoms with E-state index in [-0.39, 0.29) is 0 Å². The second-order valence-corrected chi connectivity index (χ2v) is 4.74. The van der Waals surface area contributed by atoms with Crippen molar-refractivity contribution in [2.45, 2.75) is 0 Å². The van der Waals surface area contributed by atoms with Crippen molar-refractivity contribution in [3.63, 3.8) is 0 Å². The van der Waals surface area contributed by atoms with Gasteiger partial charge in [-0.2, -0.15) is 0 Å². The fourth-order valence-electron chi connectivity index (χ4n) is 2.56. The number of benzene rings is 2. The lowest BCUT2D eigenvalue weighted by molar-refractivity contribution is 0.112. The van der Waals surface area contributed by atoms with Crippen LogP contribution in [0.4, 0.5) is 0 Å². The van der Waals surface area contributed by atoms with E-state index < -0.39 is 0 Å². The molecule has 0 bridgehead atoms. The number of hydrogen-bond acceptors (Lipinski definition) is 1. The molecule has 3 rings (SSSR count). The van der Waals surface area contributed by atoms with Gasteiger partial charge in [-0.1, -0.05) is 60.7 Å². The number of hydrogen-bond donors (Lipinski definition) is 0. The molecule has 0 saturated carbocycles. The lowest BCUT2D eigenvalue weighted by atomic mass is 10.1. The summed E-state index contributed by atoms with van der Waals surface area (Å²) in [7, 11) is 2.00. The largest absolute Gasteiger partial charge is 0.343 e. The van der Waals surface area contributed by atoms with Gasteiger partial charge >= 0.3 is 0 Å². The Morgan fingerprint density at radius 2 is 1.40 bits per heavy atom. The van der Waals surface area contributed by atoms with Gasteiger partial charge in [0.25, 0.3) is 0 Å². The molecule has 2 heteroatoms. The van der Waals surface area contributed by atoms with Crippen molar-refractivity contribution < 1.29 is 4.79 Å². The van der Waals surface area contributed by atoms with E-state index in [1.807, 2.05) is 61.6 Å². The van der Waals surface area contributed by atoms with Gasteiger partial charge in [-0.15, -0.1) is 0 Å². The topological polar surface area (TPSA) is 22.0 Å². The summed E-state index contributed by atoms with van der Waals surface area (Å²) in [5, 5.41) is 0. The highest BCUT2D eigenvalue weighted by Gasteiger charge is 2.14. The lowest BCUT2D eigenvalue weighted by Gasteiger charge is -2.08. The molecular weight excluding hydrogens is 246 g/mol. The Kier molecular flexibility index (Phi) is 3.21. The maximum atomic E-state index is 11.4. The summed E-state index contributed by atoms with van der Waals surface area (Å²) in [4.78, 5) is 11.4. The van der Waals surface area contributed by atoms with Gasteiger partial charge < -0.3 is 4.57 Å². The minimum atomic E-state index is 0.720. The maximum absolute atomic E-state index is 11.4.